The Labute approximate surface area is 172 Å². The van der Waals surface area contributed by atoms with E-state index < -0.39 is 0 Å². The van der Waals surface area contributed by atoms with Crippen LogP contribution in [0.5, 0.6) is 5.75 Å². The molecular formula is C22H28ClN3O2. The van der Waals surface area contributed by atoms with Crippen molar-refractivity contribution in [2.24, 2.45) is 5.92 Å². The van der Waals surface area contributed by atoms with Crippen LogP contribution in [0.15, 0.2) is 42.5 Å². The molecule has 1 aliphatic rings. The van der Waals surface area contributed by atoms with Crippen LogP contribution < -0.4 is 15.0 Å². The minimum atomic E-state index is -0.173. The van der Waals surface area contributed by atoms with Gasteiger partial charge in [-0.2, -0.15) is 0 Å². The van der Waals surface area contributed by atoms with Gasteiger partial charge in [-0.3, -0.25) is 4.79 Å². The van der Waals surface area contributed by atoms with E-state index in [1.807, 2.05) is 30.3 Å². The van der Waals surface area contributed by atoms with Crippen molar-refractivity contribution < 1.29 is 9.53 Å². The normalized spacial score (nSPS) is 15.0. The van der Waals surface area contributed by atoms with Gasteiger partial charge in [0.15, 0.2) is 0 Å². The number of hydrogen-bond donors (Lipinski definition) is 1. The average Bonchev–Trinajstić information content (AvgIpc) is 2.68. The zero-order valence-electron chi connectivity index (χ0n) is 16.7. The van der Waals surface area contributed by atoms with Gasteiger partial charge in [-0.25, -0.2) is 0 Å². The molecular weight excluding hydrogens is 374 g/mol. The Morgan fingerprint density at radius 3 is 2.61 bits per heavy atom. The highest BCUT2D eigenvalue weighted by atomic mass is 35.5. The summed E-state index contributed by atoms with van der Waals surface area (Å²) in [6, 6.07) is 12.9. The Balaban J connectivity index is 1.77. The molecule has 0 bridgehead atoms. The second-order valence-electron chi connectivity index (χ2n) is 7.64. The van der Waals surface area contributed by atoms with E-state index in [-0.39, 0.29) is 5.91 Å². The zero-order chi connectivity index (χ0) is 20.1. The van der Waals surface area contributed by atoms with Crippen molar-refractivity contribution in [3.8, 4) is 5.75 Å². The molecule has 0 saturated carbocycles. The number of benzene rings is 2. The molecule has 28 heavy (non-hydrogen) atoms. The first-order valence-electron chi connectivity index (χ1n) is 9.69. The number of rotatable bonds is 6. The first kappa shape index (κ1) is 20.5. The summed E-state index contributed by atoms with van der Waals surface area (Å²) in [4.78, 5) is 17.5. The van der Waals surface area contributed by atoms with Crippen molar-refractivity contribution >= 4 is 28.9 Å². The molecule has 0 atom stereocenters. The third-order valence-corrected chi connectivity index (χ3v) is 4.97. The summed E-state index contributed by atoms with van der Waals surface area (Å²) in [7, 11) is 2.12. The predicted octanol–water partition coefficient (Wildman–Crippen LogP) is 4.38. The van der Waals surface area contributed by atoms with Gasteiger partial charge in [0.2, 0.25) is 0 Å². The van der Waals surface area contributed by atoms with Crippen LogP contribution in [0.4, 0.5) is 11.4 Å². The molecule has 5 nitrogen and oxygen atoms in total. The van der Waals surface area contributed by atoms with Crippen molar-refractivity contribution in [3.05, 3.63) is 53.1 Å². The average molecular weight is 402 g/mol. The van der Waals surface area contributed by atoms with Gasteiger partial charge in [0.05, 0.1) is 18.0 Å². The van der Waals surface area contributed by atoms with E-state index in [0.29, 0.717) is 28.9 Å². The van der Waals surface area contributed by atoms with Gasteiger partial charge in [-0.05, 0) is 49.4 Å². The van der Waals surface area contributed by atoms with Crippen LogP contribution in [-0.4, -0.2) is 50.6 Å². The van der Waals surface area contributed by atoms with E-state index in [1.54, 1.807) is 12.1 Å². The fraction of sp³-hybridized carbons (Fsp3) is 0.409. The molecule has 0 spiro atoms. The number of piperazine rings is 1. The van der Waals surface area contributed by atoms with Gasteiger partial charge >= 0.3 is 0 Å². The molecule has 1 N–H and O–H groups in total. The summed E-state index contributed by atoms with van der Waals surface area (Å²) in [5, 5.41) is 3.63. The van der Waals surface area contributed by atoms with Crippen LogP contribution in [0.3, 0.4) is 0 Å². The molecule has 0 unspecified atom stereocenters. The van der Waals surface area contributed by atoms with Crippen LogP contribution >= 0.6 is 11.6 Å². The first-order valence-corrected chi connectivity index (χ1v) is 10.1. The Kier molecular flexibility index (Phi) is 6.81. The van der Waals surface area contributed by atoms with Crippen molar-refractivity contribution in [2.75, 3.05) is 50.1 Å². The fourth-order valence-corrected chi connectivity index (χ4v) is 3.29. The number of nitrogens with one attached hydrogen (secondary N) is 1. The molecule has 1 heterocycles. The standard InChI is InChI=1S/C22H28ClN3O2/c1-16(2)15-28-19-6-4-5-17(13-19)22(27)24-20-14-18(23)7-8-21(20)26-11-9-25(3)10-12-26/h4-8,13-14,16H,9-12,15H2,1-3H3,(H,24,27). The molecule has 1 amide bonds. The summed E-state index contributed by atoms with van der Waals surface area (Å²) in [6.07, 6.45) is 0. The van der Waals surface area contributed by atoms with Crippen molar-refractivity contribution in [3.63, 3.8) is 0 Å². The summed E-state index contributed by atoms with van der Waals surface area (Å²) in [5.41, 5.74) is 2.29. The summed E-state index contributed by atoms with van der Waals surface area (Å²) >= 11 is 6.21. The van der Waals surface area contributed by atoms with Crippen molar-refractivity contribution in [1.29, 1.82) is 0 Å². The topological polar surface area (TPSA) is 44.8 Å². The van der Waals surface area contributed by atoms with E-state index in [0.717, 1.165) is 37.6 Å². The number of carbonyl (C=O) groups is 1. The number of hydrogen-bond acceptors (Lipinski definition) is 4. The van der Waals surface area contributed by atoms with Crippen molar-refractivity contribution in [2.45, 2.75) is 13.8 Å². The van der Waals surface area contributed by atoms with Gasteiger partial charge < -0.3 is 19.9 Å². The van der Waals surface area contributed by atoms with E-state index >= 15 is 0 Å². The molecule has 150 valence electrons. The van der Waals surface area contributed by atoms with Crippen LogP contribution in [0.25, 0.3) is 0 Å². The lowest BCUT2D eigenvalue weighted by Gasteiger charge is -2.35. The lowest BCUT2D eigenvalue weighted by molar-refractivity contribution is 0.102. The maximum Gasteiger partial charge on any atom is 0.255 e. The van der Waals surface area contributed by atoms with Crippen molar-refractivity contribution in [1.82, 2.24) is 4.90 Å². The highest BCUT2D eigenvalue weighted by Crippen LogP contribution is 2.30. The third kappa shape index (κ3) is 5.40. The molecule has 1 fully saturated rings. The minimum Gasteiger partial charge on any atom is -0.493 e. The molecule has 1 saturated heterocycles. The highest BCUT2D eigenvalue weighted by molar-refractivity contribution is 6.31. The highest BCUT2D eigenvalue weighted by Gasteiger charge is 2.19. The van der Waals surface area contributed by atoms with E-state index in [1.165, 1.54) is 0 Å². The molecule has 2 aromatic rings. The third-order valence-electron chi connectivity index (χ3n) is 4.73. The van der Waals surface area contributed by atoms with Gasteiger partial charge in [0.25, 0.3) is 5.91 Å². The quantitative estimate of drug-likeness (QED) is 0.780. The summed E-state index contributed by atoms with van der Waals surface area (Å²) in [5.74, 6) is 0.953. The predicted molar refractivity (Wildman–Crippen MR) is 116 cm³/mol. The van der Waals surface area contributed by atoms with Crippen LogP contribution in [0.1, 0.15) is 24.2 Å². The maximum atomic E-state index is 12.9. The molecule has 0 radical (unpaired) electrons. The van der Waals surface area contributed by atoms with Crippen LogP contribution in [0.2, 0.25) is 5.02 Å². The molecule has 2 aromatic carbocycles. The Hall–Kier alpha value is -2.24. The SMILES string of the molecule is CC(C)COc1cccc(C(=O)Nc2cc(Cl)ccc2N2CCN(C)CC2)c1. The Bertz CT molecular complexity index is 817. The van der Waals surface area contributed by atoms with Crippen LogP contribution in [-0.2, 0) is 0 Å². The van der Waals surface area contributed by atoms with Crippen LogP contribution in [0, 0.1) is 5.92 Å². The number of nitrogens with zero attached hydrogens (tertiary/aromatic N) is 2. The lowest BCUT2D eigenvalue weighted by Crippen LogP contribution is -2.44. The molecule has 0 aromatic heterocycles. The second kappa shape index (κ2) is 9.30. The van der Waals surface area contributed by atoms with Gasteiger partial charge in [-0.15, -0.1) is 0 Å². The molecule has 3 rings (SSSR count). The van der Waals surface area contributed by atoms with E-state index in [4.69, 9.17) is 16.3 Å². The smallest absolute Gasteiger partial charge is 0.255 e. The number of ether oxygens (including phenoxy) is 1. The zero-order valence-corrected chi connectivity index (χ0v) is 17.5. The summed E-state index contributed by atoms with van der Waals surface area (Å²) in [6.45, 7) is 8.62. The van der Waals surface area contributed by atoms with E-state index in [9.17, 15) is 4.79 Å². The lowest BCUT2D eigenvalue weighted by atomic mass is 10.1. The largest absolute Gasteiger partial charge is 0.493 e. The van der Waals surface area contributed by atoms with Gasteiger partial charge in [0, 0.05) is 36.8 Å². The molecule has 0 aliphatic carbocycles. The van der Waals surface area contributed by atoms with Gasteiger partial charge in [0.1, 0.15) is 5.75 Å². The Morgan fingerprint density at radius 1 is 1.14 bits per heavy atom. The summed E-state index contributed by atoms with van der Waals surface area (Å²) < 4.78 is 5.74. The number of carbonyl (C=O) groups excluding carboxylic acids is 1. The number of anilines is 2. The van der Waals surface area contributed by atoms with E-state index in [2.05, 4.69) is 36.0 Å². The minimum absolute atomic E-state index is 0.173. The number of likely N-dealkylation sites (N-methyl/N-ethyl adjacent to an activating group) is 1. The first-order chi connectivity index (χ1) is 13.4. The second-order valence-corrected chi connectivity index (χ2v) is 8.08. The maximum absolute atomic E-state index is 12.9. The Morgan fingerprint density at radius 2 is 1.89 bits per heavy atom. The molecule has 6 heteroatoms. The number of amides is 1. The fourth-order valence-electron chi connectivity index (χ4n) is 3.12. The molecule has 1 aliphatic heterocycles. The number of halogens is 1. The van der Waals surface area contributed by atoms with Gasteiger partial charge in [-0.1, -0.05) is 31.5 Å². The monoisotopic (exact) mass is 401 g/mol.